The SMILES string of the molecule is CC(C)NC(=O)O[C@H]1CO[C@@H](c2cnc(Nc3cccc(OCCN(C)C)c3)nc2)C1. The van der Waals surface area contributed by atoms with Crippen LogP contribution in [-0.4, -0.2) is 67.0 Å². The van der Waals surface area contributed by atoms with Crippen molar-refractivity contribution in [3.63, 3.8) is 0 Å². The smallest absolute Gasteiger partial charge is 0.407 e. The molecule has 0 aliphatic carbocycles. The fraction of sp³-hybridized carbons (Fsp3) is 0.500. The number of carbonyl (C=O) groups is 1. The molecule has 1 saturated heterocycles. The molecular formula is C22H31N5O4. The summed E-state index contributed by atoms with van der Waals surface area (Å²) in [6.45, 7) is 5.59. The standard InChI is InChI=1S/C22H31N5O4/c1-15(2)25-22(28)31-19-11-20(30-14-19)16-12-23-21(24-13-16)26-17-6-5-7-18(10-17)29-9-8-27(3)4/h5-7,10,12-13,15,19-20H,8-9,11,14H2,1-4H3,(H,25,28)(H,23,24,26)/t19-,20-/m1/s1. The zero-order chi connectivity index (χ0) is 22.2. The number of anilines is 2. The molecule has 2 N–H and O–H groups in total. The number of alkyl carbamates (subject to hydrolysis) is 1. The predicted molar refractivity (Wildman–Crippen MR) is 118 cm³/mol. The second kappa shape index (κ2) is 10.9. The van der Waals surface area contributed by atoms with Crippen molar-refractivity contribution in [2.45, 2.75) is 38.5 Å². The van der Waals surface area contributed by atoms with Crippen LogP contribution < -0.4 is 15.4 Å². The summed E-state index contributed by atoms with van der Waals surface area (Å²) in [5, 5.41) is 5.90. The third kappa shape index (κ3) is 7.37. The molecule has 168 valence electrons. The van der Waals surface area contributed by atoms with Gasteiger partial charge in [0.1, 0.15) is 18.5 Å². The van der Waals surface area contributed by atoms with Crippen molar-refractivity contribution < 1.29 is 19.0 Å². The first-order valence-corrected chi connectivity index (χ1v) is 10.4. The maximum atomic E-state index is 11.7. The number of hydrogen-bond acceptors (Lipinski definition) is 8. The summed E-state index contributed by atoms with van der Waals surface area (Å²) in [5.41, 5.74) is 1.69. The van der Waals surface area contributed by atoms with Crippen molar-refractivity contribution in [3.8, 4) is 5.75 Å². The number of amides is 1. The van der Waals surface area contributed by atoms with Crippen molar-refractivity contribution in [1.29, 1.82) is 0 Å². The van der Waals surface area contributed by atoms with E-state index in [1.807, 2.05) is 52.2 Å². The molecular weight excluding hydrogens is 398 g/mol. The molecule has 1 aliphatic heterocycles. The number of hydrogen-bond donors (Lipinski definition) is 2. The highest BCUT2D eigenvalue weighted by molar-refractivity contribution is 5.67. The molecule has 0 spiro atoms. The van der Waals surface area contributed by atoms with Crippen LogP contribution in [0.1, 0.15) is 31.9 Å². The van der Waals surface area contributed by atoms with Gasteiger partial charge in [-0.15, -0.1) is 0 Å². The predicted octanol–water partition coefficient (Wildman–Crippen LogP) is 3.13. The Balaban J connectivity index is 1.51. The van der Waals surface area contributed by atoms with Crippen LogP contribution in [0.3, 0.4) is 0 Å². The molecule has 9 nitrogen and oxygen atoms in total. The van der Waals surface area contributed by atoms with E-state index in [0.717, 1.165) is 23.5 Å². The summed E-state index contributed by atoms with van der Waals surface area (Å²) in [4.78, 5) is 22.6. The summed E-state index contributed by atoms with van der Waals surface area (Å²) in [6.07, 6.45) is 3.14. The number of ether oxygens (including phenoxy) is 3. The Labute approximate surface area is 183 Å². The van der Waals surface area contributed by atoms with Crippen molar-refractivity contribution in [2.24, 2.45) is 0 Å². The van der Waals surface area contributed by atoms with E-state index in [1.54, 1.807) is 12.4 Å². The normalized spacial score (nSPS) is 18.3. The van der Waals surface area contributed by atoms with Gasteiger partial charge in [-0.25, -0.2) is 14.8 Å². The zero-order valence-corrected chi connectivity index (χ0v) is 18.5. The molecule has 1 aromatic carbocycles. The van der Waals surface area contributed by atoms with Gasteiger partial charge < -0.3 is 29.7 Å². The lowest BCUT2D eigenvalue weighted by Crippen LogP contribution is -2.33. The third-order valence-corrected chi connectivity index (χ3v) is 4.58. The molecule has 2 heterocycles. The summed E-state index contributed by atoms with van der Waals surface area (Å²) < 4.78 is 16.9. The van der Waals surface area contributed by atoms with E-state index in [9.17, 15) is 4.79 Å². The maximum absolute atomic E-state index is 11.7. The number of aromatic nitrogens is 2. The number of carbonyl (C=O) groups excluding carboxylic acids is 1. The van der Waals surface area contributed by atoms with Crippen LogP contribution >= 0.6 is 0 Å². The van der Waals surface area contributed by atoms with Gasteiger partial charge in [0.05, 0.1) is 12.7 Å². The number of nitrogens with one attached hydrogen (secondary N) is 2. The van der Waals surface area contributed by atoms with Crippen LogP contribution in [0.15, 0.2) is 36.7 Å². The molecule has 2 aromatic rings. The average molecular weight is 430 g/mol. The molecule has 1 aromatic heterocycles. The molecule has 0 saturated carbocycles. The molecule has 0 bridgehead atoms. The van der Waals surface area contributed by atoms with E-state index in [-0.39, 0.29) is 18.2 Å². The van der Waals surface area contributed by atoms with E-state index in [0.29, 0.717) is 25.6 Å². The molecule has 0 radical (unpaired) electrons. The lowest BCUT2D eigenvalue weighted by Gasteiger charge is -2.13. The van der Waals surface area contributed by atoms with Gasteiger partial charge in [-0.2, -0.15) is 0 Å². The lowest BCUT2D eigenvalue weighted by atomic mass is 10.1. The minimum atomic E-state index is -0.423. The third-order valence-electron chi connectivity index (χ3n) is 4.58. The summed E-state index contributed by atoms with van der Waals surface area (Å²) in [6, 6.07) is 7.72. The highest BCUT2D eigenvalue weighted by atomic mass is 16.6. The van der Waals surface area contributed by atoms with Gasteiger partial charge >= 0.3 is 6.09 Å². The molecule has 2 atom stereocenters. The highest BCUT2D eigenvalue weighted by Gasteiger charge is 2.30. The van der Waals surface area contributed by atoms with Gasteiger partial charge in [-0.1, -0.05) is 6.07 Å². The van der Waals surface area contributed by atoms with Crippen molar-refractivity contribution >= 4 is 17.7 Å². The largest absolute Gasteiger partial charge is 0.492 e. The van der Waals surface area contributed by atoms with Crippen molar-refractivity contribution in [2.75, 3.05) is 39.2 Å². The monoisotopic (exact) mass is 429 g/mol. The minimum Gasteiger partial charge on any atom is -0.492 e. The Hall–Kier alpha value is -2.91. The van der Waals surface area contributed by atoms with Gasteiger partial charge in [-0.05, 0) is 40.1 Å². The summed E-state index contributed by atoms with van der Waals surface area (Å²) in [5.74, 6) is 1.27. The van der Waals surface area contributed by atoms with Gasteiger partial charge in [0.15, 0.2) is 0 Å². The Bertz CT molecular complexity index is 844. The van der Waals surface area contributed by atoms with Crippen LogP contribution in [0.2, 0.25) is 0 Å². The van der Waals surface area contributed by atoms with Gasteiger partial charge in [0, 0.05) is 48.7 Å². The molecule has 31 heavy (non-hydrogen) atoms. The summed E-state index contributed by atoms with van der Waals surface area (Å²) in [7, 11) is 4.02. The number of likely N-dealkylation sites (N-methyl/N-ethyl adjacent to an activating group) is 1. The molecule has 9 heteroatoms. The van der Waals surface area contributed by atoms with Crippen LogP contribution in [-0.2, 0) is 9.47 Å². The van der Waals surface area contributed by atoms with Gasteiger partial charge in [-0.3, -0.25) is 0 Å². The van der Waals surface area contributed by atoms with Crippen LogP contribution in [0.25, 0.3) is 0 Å². The Morgan fingerprint density at radius 1 is 1.29 bits per heavy atom. The average Bonchev–Trinajstić information content (AvgIpc) is 3.16. The summed E-state index contributed by atoms with van der Waals surface area (Å²) >= 11 is 0. The maximum Gasteiger partial charge on any atom is 0.407 e. The number of nitrogens with zero attached hydrogens (tertiary/aromatic N) is 3. The first-order valence-electron chi connectivity index (χ1n) is 10.4. The molecule has 3 rings (SSSR count). The molecule has 1 amide bonds. The molecule has 0 unspecified atom stereocenters. The Morgan fingerprint density at radius 2 is 2.06 bits per heavy atom. The van der Waals surface area contributed by atoms with E-state index >= 15 is 0 Å². The minimum absolute atomic E-state index is 0.0318. The van der Waals surface area contributed by atoms with Gasteiger partial charge in [0.25, 0.3) is 0 Å². The second-order valence-corrected chi connectivity index (χ2v) is 8.03. The zero-order valence-electron chi connectivity index (χ0n) is 18.5. The highest BCUT2D eigenvalue weighted by Crippen LogP contribution is 2.30. The first-order chi connectivity index (χ1) is 14.9. The van der Waals surface area contributed by atoms with E-state index in [1.165, 1.54) is 0 Å². The Morgan fingerprint density at radius 3 is 2.77 bits per heavy atom. The van der Waals surface area contributed by atoms with Crippen molar-refractivity contribution in [1.82, 2.24) is 20.2 Å². The fourth-order valence-electron chi connectivity index (χ4n) is 3.04. The van der Waals surface area contributed by atoms with Gasteiger partial charge in [0.2, 0.25) is 5.95 Å². The quantitative estimate of drug-likeness (QED) is 0.627. The number of benzene rings is 1. The molecule has 1 fully saturated rings. The van der Waals surface area contributed by atoms with E-state index in [4.69, 9.17) is 14.2 Å². The van der Waals surface area contributed by atoms with Crippen LogP contribution in [0.5, 0.6) is 5.75 Å². The lowest BCUT2D eigenvalue weighted by molar-refractivity contribution is 0.0690. The topological polar surface area (TPSA) is 97.8 Å². The second-order valence-electron chi connectivity index (χ2n) is 8.03. The first kappa shape index (κ1) is 22.8. The number of rotatable bonds is 9. The van der Waals surface area contributed by atoms with Crippen LogP contribution in [0, 0.1) is 0 Å². The van der Waals surface area contributed by atoms with E-state index < -0.39 is 6.09 Å². The van der Waals surface area contributed by atoms with Crippen molar-refractivity contribution in [3.05, 3.63) is 42.2 Å². The Kier molecular flexibility index (Phi) is 8.02. The van der Waals surface area contributed by atoms with Crippen LogP contribution in [0.4, 0.5) is 16.4 Å². The molecule has 1 aliphatic rings. The fourth-order valence-corrected chi connectivity index (χ4v) is 3.04. The van der Waals surface area contributed by atoms with E-state index in [2.05, 4.69) is 25.5 Å².